The topological polar surface area (TPSA) is 77.8 Å². The largest absolute Gasteiger partial charge is 0.380 e. The number of rotatable bonds is 2. The van der Waals surface area contributed by atoms with E-state index in [2.05, 4.69) is 21.4 Å². The fraction of sp³-hybridized carbons (Fsp3) is 0.188. The van der Waals surface area contributed by atoms with Crippen molar-refractivity contribution in [1.82, 2.24) is 15.4 Å². The lowest BCUT2D eigenvalue weighted by molar-refractivity contribution is 0.435. The first kappa shape index (κ1) is 13.3. The monoisotopic (exact) mass is 280 g/mol. The van der Waals surface area contributed by atoms with Crippen LogP contribution in [0.15, 0.2) is 34.9 Å². The predicted molar refractivity (Wildman–Crippen MR) is 81.6 cm³/mol. The second-order valence-electron chi connectivity index (χ2n) is 5.13. The van der Waals surface area contributed by atoms with Crippen LogP contribution in [0.2, 0.25) is 0 Å². The Morgan fingerprint density at radius 1 is 1.05 bits per heavy atom. The van der Waals surface area contributed by atoms with Gasteiger partial charge in [0.25, 0.3) is 0 Å². The Kier molecular flexibility index (Phi) is 3.17. The molecule has 106 valence electrons. The van der Waals surface area contributed by atoms with Gasteiger partial charge >= 0.3 is 0 Å². The zero-order valence-electron chi connectivity index (χ0n) is 12.2. The van der Waals surface area contributed by atoms with Crippen molar-refractivity contribution >= 4 is 5.82 Å². The molecule has 2 N–H and O–H groups in total. The Labute approximate surface area is 122 Å². The van der Waals surface area contributed by atoms with Gasteiger partial charge in [-0.3, -0.25) is 0 Å². The SMILES string of the molecule is Cc1cccc(-c2c(N)noc2-c2cc(C)nnc2C)c1. The van der Waals surface area contributed by atoms with Crippen LogP contribution in [-0.4, -0.2) is 15.4 Å². The summed E-state index contributed by atoms with van der Waals surface area (Å²) >= 11 is 0. The predicted octanol–water partition coefficient (Wildman–Crippen LogP) is 3.31. The lowest BCUT2D eigenvalue weighted by atomic mass is 9.99. The van der Waals surface area contributed by atoms with Gasteiger partial charge in [-0.05, 0) is 32.4 Å². The number of aryl methyl sites for hydroxylation is 3. The van der Waals surface area contributed by atoms with Crippen molar-refractivity contribution in [3.63, 3.8) is 0 Å². The van der Waals surface area contributed by atoms with E-state index in [9.17, 15) is 0 Å². The van der Waals surface area contributed by atoms with Crippen LogP contribution in [0.5, 0.6) is 0 Å². The van der Waals surface area contributed by atoms with Crippen LogP contribution in [0.3, 0.4) is 0 Å². The highest BCUT2D eigenvalue weighted by Crippen LogP contribution is 2.37. The molecule has 0 bridgehead atoms. The molecule has 3 aromatic rings. The summed E-state index contributed by atoms with van der Waals surface area (Å²) in [6.45, 7) is 5.82. The summed E-state index contributed by atoms with van der Waals surface area (Å²) in [5.41, 5.74) is 11.4. The maximum absolute atomic E-state index is 6.01. The number of aromatic nitrogens is 3. The average molecular weight is 280 g/mol. The molecule has 5 nitrogen and oxygen atoms in total. The summed E-state index contributed by atoms with van der Waals surface area (Å²) in [6.07, 6.45) is 0. The van der Waals surface area contributed by atoms with Gasteiger partial charge in [0, 0.05) is 5.56 Å². The van der Waals surface area contributed by atoms with Crippen molar-refractivity contribution in [1.29, 1.82) is 0 Å². The summed E-state index contributed by atoms with van der Waals surface area (Å²) < 4.78 is 5.47. The van der Waals surface area contributed by atoms with Crippen LogP contribution < -0.4 is 5.73 Å². The second-order valence-corrected chi connectivity index (χ2v) is 5.13. The van der Waals surface area contributed by atoms with Gasteiger partial charge in [0.1, 0.15) is 0 Å². The Hall–Kier alpha value is -2.69. The van der Waals surface area contributed by atoms with E-state index in [0.29, 0.717) is 11.6 Å². The number of anilines is 1. The van der Waals surface area contributed by atoms with Gasteiger partial charge in [0.05, 0.1) is 17.0 Å². The maximum Gasteiger partial charge on any atom is 0.178 e. The summed E-state index contributed by atoms with van der Waals surface area (Å²) in [5.74, 6) is 1.01. The molecule has 21 heavy (non-hydrogen) atoms. The molecule has 0 spiro atoms. The molecule has 1 aromatic carbocycles. The minimum atomic E-state index is 0.379. The Bertz CT molecular complexity index is 808. The Morgan fingerprint density at radius 2 is 1.86 bits per heavy atom. The minimum Gasteiger partial charge on any atom is -0.380 e. The minimum absolute atomic E-state index is 0.379. The third kappa shape index (κ3) is 2.38. The van der Waals surface area contributed by atoms with Crippen molar-refractivity contribution in [2.45, 2.75) is 20.8 Å². The van der Waals surface area contributed by atoms with E-state index < -0.39 is 0 Å². The smallest absolute Gasteiger partial charge is 0.178 e. The van der Waals surface area contributed by atoms with Crippen LogP contribution in [0.25, 0.3) is 22.5 Å². The lowest BCUT2D eigenvalue weighted by Crippen LogP contribution is -1.95. The summed E-state index contributed by atoms with van der Waals surface area (Å²) in [7, 11) is 0. The molecule has 0 aliphatic carbocycles. The van der Waals surface area contributed by atoms with E-state index in [1.807, 2.05) is 45.0 Å². The molecule has 0 atom stereocenters. The van der Waals surface area contributed by atoms with E-state index in [-0.39, 0.29) is 0 Å². The first-order valence-corrected chi connectivity index (χ1v) is 6.69. The maximum atomic E-state index is 6.01. The summed E-state index contributed by atoms with van der Waals surface area (Å²) in [4.78, 5) is 0. The molecule has 0 saturated heterocycles. The van der Waals surface area contributed by atoms with E-state index >= 15 is 0 Å². The van der Waals surface area contributed by atoms with E-state index in [1.165, 1.54) is 0 Å². The highest BCUT2D eigenvalue weighted by molar-refractivity contribution is 5.87. The molecule has 3 rings (SSSR count). The van der Waals surface area contributed by atoms with Crippen molar-refractivity contribution in [3.05, 3.63) is 47.3 Å². The van der Waals surface area contributed by atoms with Gasteiger partial charge < -0.3 is 10.3 Å². The quantitative estimate of drug-likeness (QED) is 0.779. The molecular weight excluding hydrogens is 264 g/mol. The average Bonchev–Trinajstić information content (AvgIpc) is 2.83. The van der Waals surface area contributed by atoms with Crippen LogP contribution in [0.1, 0.15) is 17.0 Å². The summed E-state index contributed by atoms with van der Waals surface area (Å²) in [6, 6.07) is 10.0. The zero-order valence-corrected chi connectivity index (χ0v) is 12.2. The number of hydrogen-bond donors (Lipinski definition) is 1. The highest BCUT2D eigenvalue weighted by Gasteiger charge is 2.20. The first-order chi connectivity index (χ1) is 10.1. The van der Waals surface area contributed by atoms with Gasteiger partial charge in [-0.15, -0.1) is 0 Å². The third-order valence-corrected chi connectivity index (χ3v) is 3.37. The van der Waals surface area contributed by atoms with Gasteiger partial charge in [-0.1, -0.05) is 35.0 Å². The second kappa shape index (κ2) is 5.01. The molecule has 0 saturated carbocycles. The van der Waals surface area contributed by atoms with Crippen molar-refractivity contribution in [2.75, 3.05) is 5.73 Å². The lowest BCUT2D eigenvalue weighted by Gasteiger charge is -2.06. The molecule has 0 aliphatic rings. The van der Waals surface area contributed by atoms with Crippen molar-refractivity contribution in [3.8, 4) is 22.5 Å². The molecule has 0 amide bonds. The van der Waals surface area contributed by atoms with E-state index in [0.717, 1.165) is 33.6 Å². The van der Waals surface area contributed by atoms with Gasteiger partial charge in [0.2, 0.25) is 0 Å². The molecule has 0 unspecified atom stereocenters. The van der Waals surface area contributed by atoms with Crippen LogP contribution in [0.4, 0.5) is 5.82 Å². The Balaban J connectivity index is 2.24. The van der Waals surface area contributed by atoms with Crippen molar-refractivity contribution in [2.24, 2.45) is 0 Å². The number of nitrogen functional groups attached to an aromatic ring is 1. The molecule has 2 aromatic heterocycles. The van der Waals surface area contributed by atoms with Crippen LogP contribution in [-0.2, 0) is 0 Å². The normalized spacial score (nSPS) is 10.8. The number of nitrogens with two attached hydrogens (primary N) is 1. The van der Waals surface area contributed by atoms with Gasteiger partial charge in [-0.2, -0.15) is 10.2 Å². The first-order valence-electron chi connectivity index (χ1n) is 6.69. The van der Waals surface area contributed by atoms with Gasteiger partial charge in [-0.25, -0.2) is 0 Å². The molecule has 0 aliphatic heterocycles. The molecule has 2 heterocycles. The fourth-order valence-electron chi connectivity index (χ4n) is 2.35. The van der Waals surface area contributed by atoms with E-state index in [4.69, 9.17) is 10.3 Å². The fourth-order valence-corrected chi connectivity index (χ4v) is 2.35. The van der Waals surface area contributed by atoms with E-state index in [1.54, 1.807) is 0 Å². The van der Waals surface area contributed by atoms with Gasteiger partial charge in [0.15, 0.2) is 11.6 Å². The number of benzene rings is 1. The molecular formula is C16H16N4O. The number of nitrogens with zero attached hydrogens (tertiary/aromatic N) is 3. The third-order valence-electron chi connectivity index (χ3n) is 3.37. The number of hydrogen-bond acceptors (Lipinski definition) is 5. The van der Waals surface area contributed by atoms with Crippen LogP contribution in [0, 0.1) is 20.8 Å². The zero-order chi connectivity index (χ0) is 15.0. The molecule has 5 heteroatoms. The Morgan fingerprint density at radius 3 is 2.62 bits per heavy atom. The standard InChI is InChI=1S/C16H16N4O/c1-9-5-4-6-12(7-9)14-15(21-20-16(14)17)13-8-10(2)18-19-11(13)3/h4-8H,1-3H3,(H2,17,20). The van der Waals surface area contributed by atoms with Crippen LogP contribution >= 0.6 is 0 Å². The highest BCUT2D eigenvalue weighted by atomic mass is 16.5. The summed E-state index contributed by atoms with van der Waals surface area (Å²) in [5, 5.41) is 12.1. The molecule has 0 radical (unpaired) electrons. The van der Waals surface area contributed by atoms with Crippen molar-refractivity contribution < 1.29 is 4.52 Å². The molecule has 0 fully saturated rings.